The number of hydrogen-bond acceptors (Lipinski definition) is 6. The molecule has 0 amide bonds. The fourth-order valence-electron chi connectivity index (χ4n) is 1.26. The predicted molar refractivity (Wildman–Crippen MR) is 59.8 cm³/mol. The summed E-state index contributed by atoms with van der Waals surface area (Å²) in [6, 6.07) is 1.70. The third-order valence-corrected chi connectivity index (χ3v) is 3.09. The summed E-state index contributed by atoms with van der Waals surface area (Å²) in [6.45, 7) is 0. The summed E-state index contributed by atoms with van der Waals surface area (Å²) < 4.78 is 4.61. The molecule has 2 aromatic rings. The number of nitrogen functional groups attached to an aromatic ring is 2. The highest BCUT2D eigenvalue weighted by Gasteiger charge is 2.17. The number of nitrogens with two attached hydrogens (primary N) is 2. The summed E-state index contributed by atoms with van der Waals surface area (Å²) >= 11 is 1.20. The quantitative estimate of drug-likeness (QED) is 0.710. The van der Waals surface area contributed by atoms with E-state index in [0.29, 0.717) is 26.5 Å². The van der Waals surface area contributed by atoms with Gasteiger partial charge in [0.1, 0.15) is 9.71 Å². The normalized spacial score (nSPS) is 10.5. The number of methoxy groups -OCH3 is 1. The molecular weight excluding hydrogens is 214 g/mol. The molecule has 6 heteroatoms. The fraction of sp³-hybridized carbons (Fsp3) is 0.111. The van der Waals surface area contributed by atoms with Crippen LogP contribution < -0.4 is 11.5 Å². The molecule has 78 valence electrons. The number of hydrogen-bond donors (Lipinski definition) is 2. The maximum Gasteiger partial charge on any atom is 0.350 e. The van der Waals surface area contributed by atoms with Crippen molar-refractivity contribution >= 4 is 38.9 Å². The van der Waals surface area contributed by atoms with Crippen LogP contribution in [0.3, 0.4) is 0 Å². The van der Waals surface area contributed by atoms with Crippen LogP contribution in [-0.2, 0) is 4.74 Å². The van der Waals surface area contributed by atoms with Crippen LogP contribution in [0.5, 0.6) is 0 Å². The van der Waals surface area contributed by atoms with Crippen LogP contribution in [0.2, 0.25) is 0 Å². The smallest absolute Gasteiger partial charge is 0.350 e. The fourth-order valence-corrected chi connectivity index (χ4v) is 2.23. The van der Waals surface area contributed by atoms with Crippen LogP contribution in [0.25, 0.3) is 10.2 Å². The maximum atomic E-state index is 11.3. The largest absolute Gasteiger partial charge is 0.465 e. The molecule has 0 atom stereocenters. The Balaban J connectivity index is 2.69. The lowest BCUT2D eigenvalue weighted by Gasteiger charge is -1.96. The first-order valence-electron chi connectivity index (χ1n) is 4.15. The second-order valence-corrected chi connectivity index (χ2v) is 3.96. The lowest BCUT2D eigenvalue weighted by Crippen LogP contribution is -2.01. The molecule has 0 aromatic carbocycles. The second-order valence-electron chi connectivity index (χ2n) is 2.96. The minimum Gasteiger partial charge on any atom is -0.465 e. The van der Waals surface area contributed by atoms with Crippen LogP contribution in [-0.4, -0.2) is 18.1 Å². The third kappa shape index (κ3) is 1.48. The maximum absolute atomic E-state index is 11.3. The van der Waals surface area contributed by atoms with Gasteiger partial charge in [0.2, 0.25) is 0 Å². The molecule has 2 aromatic heterocycles. The first-order chi connectivity index (χ1) is 7.13. The summed E-state index contributed by atoms with van der Waals surface area (Å²) in [5.41, 5.74) is 12.3. The van der Waals surface area contributed by atoms with Gasteiger partial charge in [0.15, 0.2) is 0 Å². The van der Waals surface area contributed by atoms with E-state index in [2.05, 4.69) is 9.72 Å². The van der Waals surface area contributed by atoms with Gasteiger partial charge < -0.3 is 16.2 Å². The molecule has 15 heavy (non-hydrogen) atoms. The van der Waals surface area contributed by atoms with E-state index in [1.165, 1.54) is 24.6 Å². The Labute approximate surface area is 89.7 Å². The van der Waals surface area contributed by atoms with Crippen LogP contribution in [0.1, 0.15) is 9.67 Å². The molecule has 0 saturated heterocycles. The van der Waals surface area contributed by atoms with Gasteiger partial charge >= 0.3 is 5.97 Å². The Bertz CT molecular complexity index is 535. The van der Waals surface area contributed by atoms with E-state index in [1.54, 1.807) is 6.07 Å². The monoisotopic (exact) mass is 223 g/mol. The topological polar surface area (TPSA) is 91.2 Å². The first kappa shape index (κ1) is 9.72. The van der Waals surface area contributed by atoms with Gasteiger partial charge in [-0.05, 0) is 6.07 Å². The number of anilines is 2. The molecular formula is C9H9N3O2S. The zero-order valence-electron chi connectivity index (χ0n) is 7.98. The Hall–Kier alpha value is -1.82. The van der Waals surface area contributed by atoms with E-state index in [9.17, 15) is 4.79 Å². The van der Waals surface area contributed by atoms with E-state index in [1.807, 2.05) is 0 Å². The van der Waals surface area contributed by atoms with Crippen molar-refractivity contribution in [2.75, 3.05) is 18.6 Å². The summed E-state index contributed by atoms with van der Waals surface area (Å²) in [5.74, 6) is -0.450. The van der Waals surface area contributed by atoms with E-state index in [4.69, 9.17) is 11.5 Å². The highest BCUT2D eigenvalue weighted by Crippen LogP contribution is 2.33. The molecule has 4 N–H and O–H groups in total. The second kappa shape index (κ2) is 3.39. The number of fused-ring (bicyclic) bond motifs is 1. The van der Waals surface area contributed by atoms with E-state index >= 15 is 0 Å². The molecule has 0 unspecified atom stereocenters. The highest BCUT2D eigenvalue weighted by molar-refractivity contribution is 7.21. The van der Waals surface area contributed by atoms with Gasteiger partial charge in [0.05, 0.1) is 24.7 Å². The number of carbonyl (C=O) groups is 1. The Morgan fingerprint density at radius 2 is 2.27 bits per heavy atom. The number of pyridine rings is 1. The summed E-state index contributed by atoms with van der Waals surface area (Å²) in [6.07, 6.45) is 1.53. The SMILES string of the molecule is COC(=O)c1sc2ncc(N)cc2c1N. The Morgan fingerprint density at radius 3 is 2.93 bits per heavy atom. The number of aromatic nitrogens is 1. The van der Waals surface area contributed by atoms with Crippen LogP contribution in [0.15, 0.2) is 12.3 Å². The van der Waals surface area contributed by atoms with Gasteiger partial charge in [0, 0.05) is 5.39 Å². The summed E-state index contributed by atoms with van der Waals surface area (Å²) in [7, 11) is 1.31. The number of nitrogens with zero attached hydrogens (tertiary/aromatic N) is 1. The number of esters is 1. The highest BCUT2D eigenvalue weighted by atomic mass is 32.1. The average molecular weight is 223 g/mol. The zero-order chi connectivity index (χ0) is 11.0. The number of rotatable bonds is 1. The van der Waals surface area contributed by atoms with E-state index < -0.39 is 5.97 Å². The molecule has 2 heterocycles. The van der Waals surface area contributed by atoms with Crippen LogP contribution in [0, 0.1) is 0 Å². The lowest BCUT2D eigenvalue weighted by atomic mass is 10.2. The van der Waals surface area contributed by atoms with Crippen molar-refractivity contribution in [2.45, 2.75) is 0 Å². The van der Waals surface area contributed by atoms with E-state index in [0.717, 1.165) is 0 Å². The minimum absolute atomic E-state index is 0.366. The first-order valence-corrected chi connectivity index (χ1v) is 4.97. The summed E-state index contributed by atoms with van der Waals surface area (Å²) in [4.78, 5) is 16.5. The van der Waals surface area contributed by atoms with Crippen molar-refractivity contribution in [1.82, 2.24) is 4.98 Å². The molecule has 0 radical (unpaired) electrons. The van der Waals surface area contributed by atoms with Gasteiger partial charge in [-0.2, -0.15) is 0 Å². The van der Waals surface area contributed by atoms with Gasteiger partial charge in [-0.15, -0.1) is 11.3 Å². The lowest BCUT2D eigenvalue weighted by molar-refractivity contribution is 0.0607. The molecule has 0 saturated carbocycles. The number of thiophene rings is 1. The summed E-state index contributed by atoms with van der Waals surface area (Å²) in [5, 5.41) is 0.695. The predicted octanol–water partition coefficient (Wildman–Crippen LogP) is 1.25. The molecule has 0 fully saturated rings. The van der Waals surface area contributed by atoms with Crippen LogP contribution >= 0.6 is 11.3 Å². The molecule has 0 aliphatic heterocycles. The third-order valence-electron chi connectivity index (χ3n) is 1.98. The van der Waals surface area contributed by atoms with Crippen molar-refractivity contribution in [1.29, 1.82) is 0 Å². The molecule has 0 spiro atoms. The van der Waals surface area contributed by atoms with Gasteiger partial charge in [-0.1, -0.05) is 0 Å². The van der Waals surface area contributed by atoms with E-state index in [-0.39, 0.29) is 0 Å². The van der Waals surface area contributed by atoms with Gasteiger partial charge in [-0.25, -0.2) is 9.78 Å². The molecule has 0 aliphatic rings. The zero-order valence-corrected chi connectivity index (χ0v) is 8.80. The van der Waals surface area contributed by atoms with Crippen molar-refractivity contribution in [3.8, 4) is 0 Å². The Kier molecular flexibility index (Phi) is 2.20. The minimum atomic E-state index is -0.450. The number of carbonyl (C=O) groups excluding carboxylic acids is 1. The standard InChI is InChI=1S/C9H9N3O2S/c1-14-9(13)7-6(11)5-2-4(10)3-12-8(5)15-7/h2-3H,10-11H2,1H3. The van der Waals surface area contributed by atoms with Gasteiger partial charge in [0.25, 0.3) is 0 Å². The molecule has 0 aliphatic carbocycles. The van der Waals surface area contributed by atoms with Crippen molar-refractivity contribution in [3.63, 3.8) is 0 Å². The molecule has 2 rings (SSSR count). The van der Waals surface area contributed by atoms with Crippen LogP contribution in [0.4, 0.5) is 11.4 Å². The number of ether oxygens (including phenoxy) is 1. The van der Waals surface area contributed by atoms with Crippen molar-refractivity contribution in [3.05, 3.63) is 17.1 Å². The Morgan fingerprint density at radius 1 is 1.53 bits per heavy atom. The van der Waals surface area contributed by atoms with Crippen molar-refractivity contribution < 1.29 is 9.53 Å². The average Bonchev–Trinajstić information content (AvgIpc) is 2.55. The van der Waals surface area contributed by atoms with Gasteiger partial charge in [-0.3, -0.25) is 0 Å². The molecule has 5 nitrogen and oxygen atoms in total. The molecule has 0 bridgehead atoms. The van der Waals surface area contributed by atoms with Crippen molar-refractivity contribution in [2.24, 2.45) is 0 Å².